The molecule has 0 aromatic carbocycles. The summed E-state index contributed by atoms with van der Waals surface area (Å²) in [5.74, 6) is -0.832. The summed E-state index contributed by atoms with van der Waals surface area (Å²) >= 11 is 0. The molecule has 0 saturated carbocycles. The highest BCUT2D eigenvalue weighted by molar-refractivity contribution is 7.89. The fourth-order valence-corrected chi connectivity index (χ4v) is 4.36. The average Bonchev–Trinajstić information content (AvgIpc) is 2.23. The summed E-state index contributed by atoms with van der Waals surface area (Å²) in [5.41, 5.74) is 0. The van der Waals surface area contributed by atoms with Crippen LogP contribution in [0, 0.1) is 0 Å². The van der Waals surface area contributed by atoms with Crippen LogP contribution in [0.3, 0.4) is 0 Å². The molecule has 0 amide bonds. The molecule has 5 nitrogen and oxygen atoms in total. The normalized spacial score (nSPS) is 28.0. The average molecular weight is 245 g/mol. The van der Waals surface area contributed by atoms with Crippen molar-refractivity contribution < 1.29 is 20.7 Å². The molecule has 1 saturated heterocycles. The molecular formula is C6H12FNO4S2. The van der Waals surface area contributed by atoms with Crippen LogP contribution in [0.15, 0.2) is 0 Å². The topological polar surface area (TPSA) is 71.5 Å². The van der Waals surface area contributed by atoms with Crippen LogP contribution in [0.1, 0.15) is 13.3 Å². The van der Waals surface area contributed by atoms with Crippen molar-refractivity contribution in [2.75, 3.05) is 18.1 Å². The highest BCUT2D eigenvalue weighted by atomic mass is 32.3. The zero-order chi connectivity index (χ0) is 11.0. The van der Waals surface area contributed by atoms with Crippen molar-refractivity contribution in [1.29, 1.82) is 0 Å². The van der Waals surface area contributed by atoms with E-state index >= 15 is 0 Å². The number of hydrogen-bond acceptors (Lipinski definition) is 4. The molecule has 1 rings (SSSR count). The van der Waals surface area contributed by atoms with E-state index in [2.05, 4.69) is 0 Å². The van der Waals surface area contributed by atoms with Gasteiger partial charge in [0, 0.05) is 12.6 Å². The van der Waals surface area contributed by atoms with Gasteiger partial charge in [0.05, 0.1) is 11.5 Å². The Labute approximate surface area is 83.2 Å². The molecule has 1 unspecified atom stereocenters. The molecule has 1 heterocycles. The second-order valence-electron chi connectivity index (χ2n) is 3.17. The second-order valence-corrected chi connectivity index (χ2v) is 6.62. The van der Waals surface area contributed by atoms with Crippen LogP contribution in [-0.2, 0) is 20.2 Å². The molecule has 8 heteroatoms. The van der Waals surface area contributed by atoms with Gasteiger partial charge < -0.3 is 0 Å². The van der Waals surface area contributed by atoms with Gasteiger partial charge in [0.2, 0.25) is 10.0 Å². The zero-order valence-electron chi connectivity index (χ0n) is 7.68. The van der Waals surface area contributed by atoms with Gasteiger partial charge in [0.15, 0.2) is 0 Å². The van der Waals surface area contributed by atoms with Gasteiger partial charge in [-0.15, -0.1) is 3.89 Å². The smallest absolute Gasteiger partial charge is 0.212 e. The summed E-state index contributed by atoms with van der Waals surface area (Å²) in [6.45, 7) is 1.78. The third-order valence-electron chi connectivity index (χ3n) is 2.18. The predicted octanol–water partition coefficient (Wildman–Crippen LogP) is -0.290. The summed E-state index contributed by atoms with van der Waals surface area (Å²) in [4.78, 5) is 0. The Balaban J connectivity index is 2.84. The lowest BCUT2D eigenvalue weighted by Crippen LogP contribution is -2.36. The highest BCUT2D eigenvalue weighted by Gasteiger charge is 2.38. The molecular weight excluding hydrogens is 233 g/mol. The Morgan fingerprint density at radius 2 is 2.07 bits per heavy atom. The van der Waals surface area contributed by atoms with Crippen molar-refractivity contribution in [3.63, 3.8) is 0 Å². The molecule has 0 N–H and O–H groups in total. The summed E-state index contributed by atoms with van der Waals surface area (Å²) in [7, 11) is -7.96. The van der Waals surface area contributed by atoms with E-state index in [0.717, 1.165) is 4.31 Å². The second kappa shape index (κ2) is 3.74. The molecule has 0 spiro atoms. The zero-order valence-corrected chi connectivity index (χ0v) is 9.31. The van der Waals surface area contributed by atoms with Crippen LogP contribution < -0.4 is 0 Å². The standard InChI is InChI=1S/C6H12FNO4S2/c1-2-8-6(5-13(7,9)10)3-4-14(8,11)12/h6H,2-5H2,1H3. The maximum atomic E-state index is 12.4. The van der Waals surface area contributed by atoms with Crippen LogP contribution in [0.25, 0.3) is 0 Å². The minimum absolute atomic E-state index is 0.0962. The van der Waals surface area contributed by atoms with Crippen LogP contribution >= 0.6 is 0 Å². The number of hydrogen-bond donors (Lipinski definition) is 0. The SMILES string of the molecule is CCN1C(CS(=O)(=O)F)CCS1(=O)=O. The third kappa shape index (κ3) is 2.64. The lowest BCUT2D eigenvalue weighted by Gasteiger charge is -2.19. The van der Waals surface area contributed by atoms with Crippen molar-refractivity contribution in [2.24, 2.45) is 0 Å². The Bertz CT molecular complexity index is 402. The lowest BCUT2D eigenvalue weighted by atomic mass is 10.2. The first-order chi connectivity index (χ1) is 6.26. The van der Waals surface area contributed by atoms with Gasteiger partial charge in [-0.3, -0.25) is 0 Å². The maximum absolute atomic E-state index is 12.4. The van der Waals surface area contributed by atoms with Crippen LogP contribution in [-0.4, -0.2) is 45.2 Å². The number of rotatable bonds is 3. The first kappa shape index (κ1) is 11.9. The molecule has 1 atom stereocenters. The lowest BCUT2D eigenvalue weighted by molar-refractivity contribution is 0.375. The highest BCUT2D eigenvalue weighted by Crippen LogP contribution is 2.22. The largest absolute Gasteiger partial charge is 0.303 e. The van der Waals surface area contributed by atoms with Crippen LogP contribution in [0.2, 0.25) is 0 Å². The summed E-state index contributed by atoms with van der Waals surface area (Å²) in [6, 6.07) is -0.736. The van der Waals surface area contributed by atoms with E-state index in [4.69, 9.17) is 0 Å². The van der Waals surface area contributed by atoms with Gasteiger partial charge >= 0.3 is 10.2 Å². The van der Waals surface area contributed by atoms with Crippen LogP contribution in [0.5, 0.6) is 0 Å². The Morgan fingerprint density at radius 1 is 1.50 bits per heavy atom. The molecule has 1 aliphatic rings. The first-order valence-electron chi connectivity index (χ1n) is 4.18. The van der Waals surface area contributed by atoms with E-state index in [0.29, 0.717) is 0 Å². The third-order valence-corrected chi connectivity index (χ3v) is 4.98. The van der Waals surface area contributed by atoms with E-state index < -0.39 is 32.0 Å². The molecule has 0 aromatic heterocycles. The monoisotopic (exact) mass is 245 g/mol. The van der Waals surface area contributed by atoms with E-state index in [-0.39, 0.29) is 18.7 Å². The molecule has 0 bridgehead atoms. The number of sulfonamides is 1. The Kier molecular flexibility index (Phi) is 3.17. The van der Waals surface area contributed by atoms with Crippen molar-refractivity contribution in [2.45, 2.75) is 19.4 Å². The van der Waals surface area contributed by atoms with E-state index in [1.54, 1.807) is 6.92 Å². The number of nitrogens with zero attached hydrogens (tertiary/aromatic N) is 1. The van der Waals surface area contributed by atoms with E-state index in [1.165, 1.54) is 0 Å². The molecule has 0 aromatic rings. The Hall–Kier alpha value is -0.210. The van der Waals surface area contributed by atoms with Gasteiger partial charge in [0.1, 0.15) is 0 Å². The molecule has 1 fully saturated rings. The molecule has 0 radical (unpaired) electrons. The molecule has 1 aliphatic heterocycles. The van der Waals surface area contributed by atoms with E-state index in [9.17, 15) is 20.7 Å². The fraction of sp³-hybridized carbons (Fsp3) is 1.00. The fourth-order valence-electron chi connectivity index (χ4n) is 1.62. The van der Waals surface area contributed by atoms with E-state index in [1.807, 2.05) is 0 Å². The van der Waals surface area contributed by atoms with Crippen molar-refractivity contribution in [3.8, 4) is 0 Å². The molecule has 84 valence electrons. The molecule has 0 aliphatic carbocycles. The maximum Gasteiger partial charge on any atom is 0.303 e. The van der Waals surface area contributed by atoms with Gasteiger partial charge in [-0.2, -0.15) is 12.7 Å². The Morgan fingerprint density at radius 3 is 2.50 bits per heavy atom. The van der Waals surface area contributed by atoms with Crippen molar-refractivity contribution >= 4 is 20.2 Å². The summed E-state index contributed by atoms with van der Waals surface area (Å²) < 4.78 is 56.7. The van der Waals surface area contributed by atoms with Crippen LogP contribution in [0.4, 0.5) is 3.89 Å². The summed E-state index contributed by atoms with van der Waals surface area (Å²) in [6.07, 6.45) is 0.180. The van der Waals surface area contributed by atoms with Crippen molar-refractivity contribution in [1.82, 2.24) is 4.31 Å². The van der Waals surface area contributed by atoms with Gasteiger partial charge in [-0.05, 0) is 6.42 Å². The minimum Gasteiger partial charge on any atom is -0.212 e. The predicted molar refractivity (Wildman–Crippen MR) is 49.5 cm³/mol. The summed E-state index contributed by atoms with van der Waals surface area (Å²) in [5, 5.41) is 0. The quantitative estimate of drug-likeness (QED) is 0.641. The van der Waals surface area contributed by atoms with Gasteiger partial charge in [-0.1, -0.05) is 6.92 Å². The van der Waals surface area contributed by atoms with Crippen molar-refractivity contribution in [3.05, 3.63) is 0 Å². The van der Waals surface area contributed by atoms with Gasteiger partial charge in [-0.25, -0.2) is 8.42 Å². The molecule has 14 heavy (non-hydrogen) atoms. The van der Waals surface area contributed by atoms with Gasteiger partial charge in [0.25, 0.3) is 0 Å². The first-order valence-corrected chi connectivity index (χ1v) is 7.34. The minimum atomic E-state index is -4.61. The number of halogens is 1.